The number of hydrogen-bond donors (Lipinski definition) is 1. The molecule has 0 bridgehead atoms. The van der Waals surface area contributed by atoms with Crippen molar-refractivity contribution in [2.45, 2.75) is 5.92 Å². The van der Waals surface area contributed by atoms with E-state index in [1.165, 1.54) is 0 Å². The zero-order valence-electron chi connectivity index (χ0n) is 13.4. The van der Waals surface area contributed by atoms with Crippen LogP contribution in [0, 0.1) is 22.7 Å². The molecule has 1 aliphatic heterocycles. The highest BCUT2D eigenvalue weighted by atomic mass is 16.5. The van der Waals surface area contributed by atoms with Crippen LogP contribution >= 0.6 is 0 Å². The molecule has 0 amide bonds. The molecule has 1 heterocycles. The standard InChI is InChI=1S/C21H15N3O/c22-13-16(14-23)11-17-12-19(25-21-4-2-1-3-20(17)21)10-7-15-5-8-18(24)9-6-15/h1-12,17H,24H2. The highest BCUT2D eigenvalue weighted by Crippen LogP contribution is 2.36. The summed E-state index contributed by atoms with van der Waals surface area (Å²) in [6.07, 6.45) is 7.33. The average molecular weight is 325 g/mol. The van der Waals surface area contributed by atoms with Gasteiger partial charge in [-0.1, -0.05) is 36.4 Å². The number of nitriles is 2. The van der Waals surface area contributed by atoms with Gasteiger partial charge in [-0.3, -0.25) is 0 Å². The van der Waals surface area contributed by atoms with Crippen molar-refractivity contribution in [1.82, 2.24) is 0 Å². The SMILES string of the molecule is N#CC(C#N)=CC1C=C(C=Cc2ccc(N)cc2)Oc2ccccc21. The van der Waals surface area contributed by atoms with E-state index in [-0.39, 0.29) is 11.5 Å². The summed E-state index contributed by atoms with van der Waals surface area (Å²) < 4.78 is 5.91. The Balaban J connectivity index is 1.94. The molecule has 0 aliphatic carbocycles. The lowest BCUT2D eigenvalue weighted by Crippen LogP contribution is -2.07. The van der Waals surface area contributed by atoms with Crippen molar-refractivity contribution in [3.8, 4) is 17.9 Å². The fourth-order valence-electron chi connectivity index (χ4n) is 2.57. The fraction of sp³-hybridized carbons (Fsp3) is 0.0476. The average Bonchev–Trinajstić information content (AvgIpc) is 2.65. The van der Waals surface area contributed by atoms with Gasteiger partial charge in [-0.15, -0.1) is 0 Å². The van der Waals surface area contributed by atoms with Gasteiger partial charge in [0.15, 0.2) is 0 Å². The van der Waals surface area contributed by atoms with Crippen molar-refractivity contribution in [3.63, 3.8) is 0 Å². The minimum Gasteiger partial charge on any atom is -0.457 e. The Labute approximate surface area is 146 Å². The summed E-state index contributed by atoms with van der Waals surface area (Å²) in [5.74, 6) is 1.19. The van der Waals surface area contributed by atoms with E-state index in [9.17, 15) is 0 Å². The van der Waals surface area contributed by atoms with E-state index in [0.717, 1.165) is 16.9 Å². The second-order valence-electron chi connectivity index (χ2n) is 5.54. The molecule has 0 aromatic heterocycles. The monoisotopic (exact) mass is 325 g/mol. The number of rotatable bonds is 3. The van der Waals surface area contributed by atoms with Crippen LogP contribution in [0.25, 0.3) is 6.08 Å². The first-order valence-corrected chi connectivity index (χ1v) is 7.74. The van der Waals surface area contributed by atoms with Crippen LogP contribution in [0.1, 0.15) is 17.0 Å². The van der Waals surface area contributed by atoms with Crippen molar-refractivity contribution in [2.24, 2.45) is 0 Å². The molecule has 4 nitrogen and oxygen atoms in total. The molecule has 1 aliphatic rings. The highest BCUT2D eigenvalue weighted by molar-refractivity contribution is 5.57. The predicted octanol–water partition coefficient (Wildman–Crippen LogP) is 4.32. The van der Waals surface area contributed by atoms with E-state index in [1.54, 1.807) is 6.08 Å². The van der Waals surface area contributed by atoms with E-state index in [0.29, 0.717) is 11.4 Å². The first-order valence-electron chi connectivity index (χ1n) is 7.74. The van der Waals surface area contributed by atoms with E-state index < -0.39 is 0 Å². The molecule has 3 rings (SSSR count). The molecule has 2 aromatic carbocycles. The molecule has 1 atom stereocenters. The number of hydrogen-bond acceptors (Lipinski definition) is 4. The molecule has 1 unspecified atom stereocenters. The Hall–Kier alpha value is -3.76. The van der Waals surface area contributed by atoms with Gasteiger partial charge in [0.2, 0.25) is 0 Å². The second kappa shape index (κ2) is 7.21. The molecular weight excluding hydrogens is 310 g/mol. The number of ether oxygens (including phenoxy) is 1. The smallest absolute Gasteiger partial charge is 0.131 e. The van der Waals surface area contributed by atoms with Gasteiger partial charge in [-0.2, -0.15) is 10.5 Å². The maximum absolute atomic E-state index is 9.03. The molecule has 0 saturated heterocycles. The van der Waals surface area contributed by atoms with Gasteiger partial charge in [0, 0.05) is 17.2 Å². The van der Waals surface area contributed by atoms with Crippen LogP contribution in [0.5, 0.6) is 5.75 Å². The largest absolute Gasteiger partial charge is 0.457 e. The summed E-state index contributed by atoms with van der Waals surface area (Å²) in [7, 11) is 0. The fourth-order valence-corrected chi connectivity index (χ4v) is 2.57. The third kappa shape index (κ3) is 3.77. The number of para-hydroxylation sites is 1. The number of allylic oxidation sites excluding steroid dienone is 4. The number of nitrogen functional groups attached to an aromatic ring is 1. The van der Waals surface area contributed by atoms with Crippen LogP contribution in [-0.4, -0.2) is 0 Å². The molecule has 2 aromatic rings. The van der Waals surface area contributed by atoms with Gasteiger partial charge in [0.05, 0.1) is 0 Å². The van der Waals surface area contributed by atoms with Crippen LogP contribution in [0.4, 0.5) is 5.69 Å². The zero-order chi connectivity index (χ0) is 17.6. The van der Waals surface area contributed by atoms with Crippen molar-refractivity contribution in [2.75, 3.05) is 5.73 Å². The van der Waals surface area contributed by atoms with Gasteiger partial charge in [0.25, 0.3) is 0 Å². The molecule has 0 radical (unpaired) electrons. The Morgan fingerprint density at radius 3 is 2.44 bits per heavy atom. The van der Waals surface area contributed by atoms with Crippen LogP contribution in [0.15, 0.2) is 78.1 Å². The van der Waals surface area contributed by atoms with Crippen molar-refractivity contribution < 1.29 is 4.74 Å². The third-order valence-corrected chi connectivity index (χ3v) is 3.81. The van der Waals surface area contributed by atoms with Gasteiger partial charge >= 0.3 is 0 Å². The lowest BCUT2D eigenvalue weighted by atomic mass is 9.93. The van der Waals surface area contributed by atoms with Crippen molar-refractivity contribution >= 4 is 11.8 Å². The minimum absolute atomic E-state index is 0.0832. The lowest BCUT2D eigenvalue weighted by Gasteiger charge is -2.21. The number of nitrogens with two attached hydrogens (primary N) is 1. The highest BCUT2D eigenvalue weighted by Gasteiger charge is 2.19. The first-order chi connectivity index (χ1) is 12.2. The molecule has 0 spiro atoms. The predicted molar refractivity (Wildman–Crippen MR) is 97.1 cm³/mol. The third-order valence-electron chi connectivity index (χ3n) is 3.81. The molecule has 4 heteroatoms. The maximum Gasteiger partial charge on any atom is 0.131 e. The molecule has 120 valence electrons. The number of benzene rings is 2. The normalized spacial score (nSPS) is 15.3. The van der Waals surface area contributed by atoms with Crippen molar-refractivity contribution in [3.05, 3.63) is 89.2 Å². The van der Waals surface area contributed by atoms with Crippen molar-refractivity contribution in [1.29, 1.82) is 10.5 Å². The number of fused-ring (bicyclic) bond motifs is 1. The molecule has 25 heavy (non-hydrogen) atoms. The van der Waals surface area contributed by atoms with Crippen LogP contribution in [-0.2, 0) is 0 Å². The van der Waals surface area contributed by atoms with Gasteiger partial charge in [-0.25, -0.2) is 0 Å². The van der Waals surface area contributed by atoms with Crippen LogP contribution < -0.4 is 10.5 Å². The number of anilines is 1. The molecule has 2 N–H and O–H groups in total. The summed E-state index contributed by atoms with van der Waals surface area (Å²) in [5.41, 5.74) is 8.41. The lowest BCUT2D eigenvalue weighted by molar-refractivity contribution is 0.424. The Kier molecular flexibility index (Phi) is 4.65. The van der Waals surface area contributed by atoms with E-state index in [4.69, 9.17) is 21.0 Å². The molecule has 0 fully saturated rings. The quantitative estimate of drug-likeness (QED) is 0.673. The summed E-state index contributed by atoms with van der Waals surface area (Å²) >= 11 is 0. The summed E-state index contributed by atoms with van der Waals surface area (Å²) in [5, 5.41) is 18.1. The second-order valence-corrected chi connectivity index (χ2v) is 5.54. The Bertz CT molecular complexity index is 938. The maximum atomic E-state index is 9.03. The Morgan fingerprint density at radius 1 is 1.00 bits per heavy atom. The van der Waals surface area contributed by atoms with E-state index >= 15 is 0 Å². The van der Waals surface area contributed by atoms with Gasteiger partial charge in [0.1, 0.15) is 29.2 Å². The van der Waals surface area contributed by atoms with Crippen LogP contribution in [0.3, 0.4) is 0 Å². The molecule has 0 saturated carbocycles. The first kappa shape index (κ1) is 16.1. The summed E-state index contributed by atoms with van der Waals surface area (Å²) in [6.45, 7) is 0. The minimum atomic E-state index is -0.190. The summed E-state index contributed by atoms with van der Waals surface area (Å²) in [4.78, 5) is 0. The van der Waals surface area contributed by atoms with Gasteiger partial charge in [-0.05, 0) is 42.0 Å². The number of nitrogens with zero attached hydrogens (tertiary/aromatic N) is 2. The van der Waals surface area contributed by atoms with E-state index in [2.05, 4.69) is 0 Å². The topological polar surface area (TPSA) is 82.8 Å². The molecular formula is C21H15N3O. The van der Waals surface area contributed by atoms with E-state index in [1.807, 2.05) is 78.9 Å². The Morgan fingerprint density at radius 2 is 1.72 bits per heavy atom. The summed E-state index contributed by atoms with van der Waals surface area (Å²) in [6, 6.07) is 18.9. The van der Waals surface area contributed by atoms with Crippen LogP contribution in [0.2, 0.25) is 0 Å². The van der Waals surface area contributed by atoms with Gasteiger partial charge < -0.3 is 10.5 Å². The zero-order valence-corrected chi connectivity index (χ0v) is 13.4.